The molecule has 3 rings (SSSR count). The van der Waals surface area contributed by atoms with Crippen molar-refractivity contribution in [3.8, 4) is 5.75 Å². The van der Waals surface area contributed by atoms with Gasteiger partial charge in [-0.3, -0.25) is 0 Å². The van der Waals surface area contributed by atoms with Crippen LogP contribution in [-0.2, 0) is 0 Å². The van der Waals surface area contributed by atoms with E-state index in [0.29, 0.717) is 11.5 Å². The number of rotatable bonds is 10. The van der Waals surface area contributed by atoms with Gasteiger partial charge in [-0.2, -0.15) is 8.78 Å². The summed E-state index contributed by atoms with van der Waals surface area (Å²) in [5, 5.41) is 0. The van der Waals surface area contributed by atoms with Gasteiger partial charge in [-0.05, 0) is 92.7 Å². The monoisotopic (exact) mass is 454 g/mol. The molecule has 0 aliphatic heterocycles. The van der Waals surface area contributed by atoms with Crippen molar-refractivity contribution in [2.45, 2.75) is 103 Å². The summed E-state index contributed by atoms with van der Waals surface area (Å²) in [7, 11) is 0. The molecule has 0 radical (unpaired) electrons. The van der Waals surface area contributed by atoms with Crippen molar-refractivity contribution < 1.29 is 22.3 Å². The smallest absolute Gasteiger partial charge is 0.387 e. The lowest BCUT2D eigenvalue weighted by Gasteiger charge is -2.32. The highest BCUT2D eigenvalue weighted by atomic mass is 19.3. The normalized spacial score (nSPS) is 26.7. The fourth-order valence-electron chi connectivity index (χ4n) is 5.60. The van der Waals surface area contributed by atoms with Crippen molar-refractivity contribution >= 4 is 0 Å². The molecule has 2 fully saturated rings. The fraction of sp³-hybridized carbons (Fsp3) is 0.704. The van der Waals surface area contributed by atoms with E-state index in [1.165, 1.54) is 69.9 Å². The topological polar surface area (TPSA) is 9.23 Å². The van der Waals surface area contributed by atoms with E-state index >= 15 is 0 Å². The summed E-state index contributed by atoms with van der Waals surface area (Å²) in [4.78, 5) is 0. The van der Waals surface area contributed by atoms with Crippen LogP contribution in [0.5, 0.6) is 5.75 Å². The lowest BCUT2D eigenvalue weighted by molar-refractivity contribution is -0.0546. The molecule has 0 saturated heterocycles. The Kier molecular flexibility index (Phi) is 9.92. The molecular weight excluding hydrogens is 416 g/mol. The van der Waals surface area contributed by atoms with E-state index in [2.05, 4.69) is 23.8 Å². The third kappa shape index (κ3) is 7.52. The summed E-state index contributed by atoms with van der Waals surface area (Å²) >= 11 is 0. The largest absolute Gasteiger partial charge is 0.429 e. The van der Waals surface area contributed by atoms with Crippen LogP contribution >= 0.6 is 0 Å². The number of hydrogen-bond acceptors (Lipinski definition) is 1. The first-order chi connectivity index (χ1) is 15.5. The molecule has 0 aromatic heterocycles. The van der Waals surface area contributed by atoms with Crippen LogP contribution in [0.4, 0.5) is 17.6 Å². The van der Waals surface area contributed by atoms with Crippen molar-refractivity contribution in [2.24, 2.45) is 17.8 Å². The van der Waals surface area contributed by atoms with Crippen molar-refractivity contribution in [1.82, 2.24) is 0 Å². The zero-order valence-electron chi connectivity index (χ0n) is 19.3. The van der Waals surface area contributed by atoms with Crippen molar-refractivity contribution in [1.29, 1.82) is 0 Å². The van der Waals surface area contributed by atoms with Crippen LogP contribution in [0.25, 0.3) is 0 Å². The van der Waals surface area contributed by atoms with Gasteiger partial charge in [-0.25, -0.2) is 8.78 Å². The highest BCUT2D eigenvalue weighted by molar-refractivity contribution is 5.33. The van der Waals surface area contributed by atoms with E-state index in [1.807, 2.05) is 0 Å². The first-order valence-electron chi connectivity index (χ1n) is 12.5. The summed E-state index contributed by atoms with van der Waals surface area (Å²) in [6.45, 7) is -1.02. The Morgan fingerprint density at radius 3 is 1.91 bits per heavy atom. The number of hydrogen-bond donors (Lipinski definition) is 0. The number of benzene rings is 1. The summed E-state index contributed by atoms with van der Waals surface area (Å²) in [6.07, 6.45) is 20.3. The molecule has 2 aliphatic carbocycles. The molecule has 180 valence electrons. The molecule has 0 unspecified atom stereocenters. The number of unbranched alkanes of at least 4 members (excludes halogenated alkanes) is 1. The van der Waals surface area contributed by atoms with Gasteiger partial charge in [0.25, 0.3) is 0 Å². The predicted molar refractivity (Wildman–Crippen MR) is 121 cm³/mol. The molecule has 32 heavy (non-hydrogen) atoms. The standard InChI is InChI=1S/C27H38F4O/c1-2-3-4-5-6-19-7-9-20(10-8-19)11-12-21-13-15-22(16-14-21)23-17-24(28)26(25(29)18-23)32-27(30)31/h4-5,17-22,27H,2-3,6-16H2,1H3. The molecule has 2 aliphatic rings. The van der Waals surface area contributed by atoms with Gasteiger partial charge < -0.3 is 4.74 Å². The van der Waals surface area contributed by atoms with Crippen LogP contribution in [0.15, 0.2) is 24.3 Å². The van der Waals surface area contributed by atoms with Gasteiger partial charge in [0.1, 0.15) is 0 Å². The molecule has 0 spiro atoms. The van der Waals surface area contributed by atoms with Crippen LogP contribution in [0, 0.1) is 29.4 Å². The quantitative estimate of drug-likeness (QED) is 0.253. The van der Waals surface area contributed by atoms with E-state index in [-0.39, 0.29) is 5.92 Å². The zero-order chi connectivity index (χ0) is 22.9. The van der Waals surface area contributed by atoms with Crippen LogP contribution < -0.4 is 4.74 Å². The van der Waals surface area contributed by atoms with Crippen LogP contribution in [0.2, 0.25) is 0 Å². The Labute approximate surface area is 190 Å². The average Bonchev–Trinajstić information content (AvgIpc) is 2.78. The molecule has 0 N–H and O–H groups in total. The second kappa shape index (κ2) is 12.6. The minimum Gasteiger partial charge on any atom is -0.429 e. The molecule has 0 atom stereocenters. The van der Waals surface area contributed by atoms with Crippen LogP contribution in [-0.4, -0.2) is 6.61 Å². The van der Waals surface area contributed by atoms with Gasteiger partial charge in [-0.15, -0.1) is 0 Å². The average molecular weight is 455 g/mol. The molecule has 1 aromatic carbocycles. The fourth-order valence-corrected chi connectivity index (χ4v) is 5.60. The van der Waals surface area contributed by atoms with Crippen molar-refractivity contribution in [2.75, 3.05) is 0 Å². The minimum atomic E-state index is -3.24. The number of ether oxygens (including phenoxy) is 1. The van der Waals surface area contributed by atoms with Gasteiger partial charge in [0, 0.05) is 0 Å². The van der Waals surface area contributed by atoms with Gasteiger partial charge in [0.05, 0.1) is 0 Å². The Hall–Kier alpha value is -1.52. The lowest BCUT2D eigenvalue weighted by atomic mass is 9.74. The van der Waals surface area contributed by atoms with E-state index in [0.717, 1.165) is 37.5 Å². The van der Waals surface area contributed by atoms with Crippen molar-refractivity contribution in [3.05, 3.63) is 41.5 Å². The Balaban J connectivity index is 1.38. The summed E-state index contributed by atoms with van der Waals surface area (Å²) in [5.74, 6) is -0.562. The van der Waals surface area contributed by atoms with Crippen molar-refractivity contribution in [3.63, 3.8) is 0 Å². The van der Waals surface area contributed by atoms with Crippen LogP contribution in [0.3, 0.4) is 0 Å². The maximum absolute atomic E-state index is 14.1. The first kappa shape index (κ1) is 25.1. The SMILES string of the molecule is CCCC=CCC1CCC(CCC2CCC(c3cc(F)c(OC(F)F)c(F)c3)CC2)CC1. The molecule has 1 aromatic rings. The highest BCUT2D eigenvalue weighted by Gasteiger charge is 2.27. The third-order valence-electron chi connectivity index (χ3n) is 7.59. The molecule has 1 nitrogen and oxygen atoms in total. The Morgan fingerprint density at radius 1 is 0.844 bits per heavy atom. The van der Waals surface area contributed by atoms with Gasteiger partial charge in [-0.1, -0.05) is 51.2 Å². The highest BCUT2D eigenvalue weighted by Crippen LogP contribution is 2.41. The van der Waals surface area contributed by atoms with Crippen LogP contribution in [0.1, 0.15) is 102 Å². The van der Waals surface area contributed by atoms with E-state index < -0.39 is 24.0 Å². The van der Waals surface area contributed by atoms with Gasteiger partial charge in [0.2, 0.25) is 0 Å². The number of allylic oxidation sites excluding steroid dienone is 2. The van der Waals surface area contributed by atoms with Gasteiger partial charge in [0.15, 0.2) is 17.4 Å². The molecule has 5 heteroatoms. The molecule has 0 heterocycles. The summed E-state index contributed by atoms with van der Waals surface area (Å²) in [6, 6.07) is 2.34. The van der Waals surface area contributed by atoms with E-state index in [4.69, 9.17) is 0 Å². The number of halogens is 4. The molecular formula is C27H38F4O. The second-order valence-electron chi connectivity index (χ2n) is 9.87. The maximum Gasteiger partial charge on any atom is 0.387 e. The first-order valence-corrected chi connectivity index (χ1v) is 12.5. The zero-order valence-corrected chi connectivity index (χ0v) is 19.3. The Morgan fingerprint density at radius 2 is 1.38 bits per heavy atom. The van der Waals surface area contributed by atoms with E-state index in [1.54, 1.807) is 0 Å². The summed E-state index contributed by atoms with van der Waals surface area (Å²) in [5.41, 5.74) is 0.561. The lowest BCUT2D eigenvalue weighted by Crippen LogP contribution is -2.18. The molecule has 0 bridgehead atoms. The summed E-state index contributed by atoms with van der Waals surface area (Å²) < 4.78 is 56.7. The minimum absolute atomic E-state index is 0.0899. The Bertz CT molecular complexity index is 693. The number of alkyl halides is 2. The van der Waals surface area contributed by atoms with Gasteiger partial charge >= 0.3 is 6.61 Å². The predicted octanol–water partition coefficient (Wildman–Crippen LogP) is 9.17. The maximum atomic E-state index is 14.1. The molecule has 2 saturated carbocycles. The second-order valence-corrected chi connectivity index (χ2v) is 9.87. The third-order valence-corrected chi connectivity index (χ3v) is 7.59. The van der Waals surface area contributed by atoms with E-state index in [9.17, 15) is 17.6 Å². The molecule has 0 amide bonds.